The van der Waals surface area contributed by atoms with Crippen LogP contribution in [0.1, 0.15) is 18.4 Å². The van der Waals surface area contributed by atoms with Crippen LogP contribution in [0.2, 0.25) is 0 Å². The van der Waals surface area contributed by atoms with Crippen LogP contribution in [-0.4, -0.2) is 20.3 Å². The summed E-state index contributed by atoms with van der Waals surface area (Å²) in [5.41, 5.74) is 4.19. The van der Waals surface area contributed by atoms with Crippen molar-refractivity contribution in [3.63, 3.8) is 0 Å². The molecule has 98 valence electrons. The molecule has 5 heteroatoms. The van der Waals surface area contributed by atoms with Gasteiger partial charge in [0.05, 0.1) is 24.8 Å². The molecule has 1 fully saturated rings. The molecule has 2 aliphatic rings. The van der Waals surface area contributed by atoms with Crippen LogP contribution in [0.4, 0.5) is 0 Å². The highest BCUT2D eigenvalue weighted by molar-refractivity contribution is 9.10. The average Bonchev–Trinajstić information content (AvgIpc) is 3.15. The first-order valence-corrected chi connectivity index (χ1v) is 6.86. The molecule has 1 aliphatic heterocycles. The van der Waals surface area contributed by atoms with Crippen LogP contribution in [0.3, 0.4) is 0 Å². The summed E-state index contributed by atoms with van der Waals surface area (Å²) in [6.07, 6.45) is 2.41. The fraction of sp³-hybridized carbons (Fsp3) is 0.538. The second-order valence-corrected chi connectivity index (χ2v) is 5.86. The Morgan fingerprint density at radius 1 is 1.33 bits per heavy atom. The predicted molar refractivity (Wildman–Crippen MR) is 70.6 cm³/mol. The minimum absolute atomic E-state index is 0.267. The summed E-state index contributed by atoms with van der Waals surface area (Å²) in [7, 11) is 1.61. The lowest BCUT2D eigenvalue weighted by Gasteiger charge is -2.11. The first-order chi connectivity index (χ1) is 8.72. The maximum absolute atomic E-state index is 5.90. The monoisotopic (exact) mass is 313 g/mol. The van der Waals surface area contributed by atoms with Crippen LogP contribution < -0.4 is 15.0 Å². The third-order valence-corrected chi connectivity index (χ3v) is 4.09. The van der Waals surface area contributed by atoms with Gasteiger partial charge in [-0.15, -0.1) is 0 Å². The minimum atomic E-state index is 0.267. The summed E-state index contributed by atoms with van der Waals surface area (Å²) in [4.78, 5) is 4.86. The fourth-order valence-corrected chi connectivity index (χ4v) is 2.69. The Morgan fingerprint density at radius 2 is 2.11 bits per heavy atom. The average molecular weight is 314 g/mol. The second kappa shape index (κ2) is 4.72. The third kappa shape index (κ3) is 2.35. The quantitative estimate of drug-likeness (QED) is 0.871. The number of hydrogen-bond acceptors (Lipinski definition) is 4. The molecule has 1 saturated carbocycles. The zero-order valence-corrected chi connectivity index (χ0v) is 11.9. The topological polar surface area (TPSA) is 39.7 Å². The highest BCUT2D eigenvalue weighted by Gasteiger charge is 2.46. The smallest absolute Gasteiger partial charge is 0.175 e. The molecular formula is C13H16BrNO3. The van der Waals surface area contributed by atoms with Crippen LogP contribution in [0, 0.1) is 5.41 Å². The number of ether oxygens (including phenoxy) is 2. The second-order valence-electron chi connectivity index (χ2n) is 5.01. The van der Waals surface area contributed by atoms with Gasteiger partial charge in [-0.2, -0.15) is 5.48 Å². The van der Waals surface area contributed by atoms with Gasteiger partial charge in [0.15, 0.2) is 11.5 Å². The van der Waals surface area contributed by atoms with E-state index in [0.29, 0.717) is 6.54 Å². The Hall–Kier alpha value is -0.780. The molecule has 1 heterocycles. The van der Waals surface area contributed by atoms with Crippen molar-refractivity contribution in [1.82, 2.24) is 5.48 Å². The maximum Gasteiger partial charge on any atom is 0.175 e. The Bertz CT molecular complexity index is 460. The first kappa shape index (κ1) is 12.3. The number of nitrogens with one attached hydrogen (secondary N) is 1. The van der Waals surface area contributed by atoms with E-state index in [2.05, 4.69) is 21.4 Å². The highest BCUT2D eigenvalue weighted by Crippen LogP contribution is 2.50. The molecule has 0 bridgehead atoms. The molecule has 1 aliphatic carbocycles. The first-order valence-electron chi connectivity index (χ1n) is 6.06. The van der Waals surface area contributed by atoms with Crippen LogP contribution in [0.25, 0.3) is 0 Å². The van der Waals surface area contributed by atoms with E-state index in [1.807, 2.05) is 12.1 Å². The van der Waals surface area contributed by atoms with Gasteiger partial charge in [0.25, 0.3) is 0 Å². The number of rotatable bonds is 3. The van der Waals surface area contributed by atoms with E-state index in [1.54, 1.807) is 7.11 Å². The number of hydrogen-bond donors (Lipinski definition) is 1. The van der Waals surface area contributed by atoms with E-state index in [0.717, 1.165) is 34.7 Å². The van der Waals surface area contributed by atoms with Crippen molar-refractivity contribution >= 4 is 15.9 Å². The van der Waals surface area contributed by atoms with Gasteiger partial charge in [0.2, 0.25) is 0 Å². The predicted octanol–water partition coefficient (Wildman–Crippen LogP) is 2.65. The molecule has 0 aromatic heterocycles. The molecule has 1 aromatic rings. The summed E-state index contributed by atoms with van der Waals surface area (Å²) in [6, 6.07) is 4.03. The minimum Gasteiger partial charge on any atom is -0.489 e. The van der Waals surface area contributed by atoms with Gasteiger partial charge in [-0.1, -0.05) is 0 Å². The van der Waals surface area contributed by atoms with Crippen molar-refractivity contribution in [2.24, 2.45) is 5.41 Å². The summed E-state index contributed by atoms with van der Waals surface area (Å²) in [5, 5.41) is 0. The van der Waals surface area contributed by atoms with E-state index in [-0.39, 0.29) is 5.41 Å². The zero-order valence-electron chi connectivity index (χ0n) is 10.3. The third-order valence-electron chi connectivity index (χ3n) is 3.50. The van der Waals surface area contributed by atoms with Gasteiger partial charge in [-0.05, 0) is 46.5 Å². The normalized spacial score (nSPS) is 19.7. The zero-order chi connectivity index (χ0) is 12.6. The molecule has 4 nitrogen and oxygen atoms in total. The van der Waals surface area contributed by atoms with Gasteiger partial charge in [-0.3, -0.25) is 0 Å². The molecule has 0 unspecified atom stereocenters. The summed E-state index contributed by atoms with van der Waals surface area (Å²) in [5.74, 6) is 1.64. The maximum atomic E-state index is 5.90. The molecule has 1 aromatic carbocycles. The van der Waals surface area contributed by atoms with Crippen molar-refractivity contribution in [2.45, 2.75) is 19.4 Å². The largest absolute Gasteiger partial charge is 0.489 e. The van der Waals surface area contributed by atoms with Crippen molar-refractivity contribution in [3.8, 4) is 11.5 Å². The molecular weight excluding hydrogens is 298 g/mol. The molecule has 0 amide bonds. The molecule has 3 rings (SSSR count). The molecule has 0 radical (unpaired) electrons. The van der Waals surface area contributed by atoms with Crippen molar-refractivity contribution in [3.05, 3.63) is 22.2 Å². The van der Waals surface area contributed by atoms with Gasteiger partial charge >= 0.3 is 0 Å². The number of fused-ring (bicyclic) bond motifs is 1. The van der Waals surface area contributed by atoms with Crippen molar-refractivity contribution in [2.75, 3.05) is 20.3 Å². The lowest BCUT2D eigenvalue weighted by atomic mass is 10.1. The molecule has 1 spiro atoms. The van der Waals surface area contributed by atoms with E-state index >= 15 is 0 Å². The summed E-state index contributed by atoms with van der Waals surface area (Å²) < 4.78 is 12.7. The summed E-state index contributed by atoms with van der Waals surface area (Å²) >= 11 is 3.54. The van der Waals surface area contributed by atoms with Crippen molar-refractivity contribution in [1.29, 1.82) is 0 Å². The lowest BCUT2D eigenvalue weighted by molar-refractivity contribution is 0.0866. The van der Waals surface area contributed by atoms with Gasteiger partial charge in [-0.25, -0.2) is 0 Å². The van der Waals surface area contributed by atoms with Gasteiger partial charge in [0.1, 0.15) is 0 Å². The number of halogens is 1. The fourth-order valence-electron chi connectivity index (χ4n) is 2.09. The van der Waals surface area contributed by atoms with Crippen LogP contribution in [0.5, 0.6) is 11.5 Å². The Labute approximate surface area is 115 Å². The summed E-state index contributed by atoms with van der Waals surface area (Å²) in [6.45, 7) is 2.15. The van der Waals surface area contributed by atoms with Crippen LogP contribution in [-0.2, 0) is 11.4 Å². The van der Waals surface area contributed by atoms with Gasteiger partial charge in [0, 0.05) is 12.0 Å². The SMILES string of the molecule is CONCc1cc(Br)c2c(c1)OCC1(CC1)CO2. The van der Waals surface area contributed by atoms with E-state index < -0.39 is 0 Å². The Balaban J connectivity index is 1.84. The molecule has 18 heavy (non-hydrogen) atoms. The lowest BCUT2D eigenvalue weighted by Crippen LogP contribution is -2.17. The highest BCUT2D eigenvalue weighted by atomic mass is 79.9. The van der Waals surface area contributed by atoms with Gasteiger partial charge < -0.3 is 14.3 Å². The van der Waals surface area contributed by atoms with E-state index in [4.69, 9.17) is 14.3 Å². The number of benzene rings is 1. The van der Waals surface area contributed by atoms with Crippen LogP contribution in [0.15, 0.2) is 16.6 Å². The Morgan fingerprint density at radius 3 is 2.83 bits per heavy atom. The molecule has 0 saturated heterocycles. The Kier molecular flexibility index (Phi) is 3.21. The molecule has 1 N–H and O–H groups in total. The molecule has 0 atom stereocenters. The van der Waals surface area contributed by atoms with E-state index in [1.165, 1.54) is 12.8 Å². The standard InChI is InChI=1S/C13H16BrNO3/c1-16-15-6-9-4-10(14)12-11(5-9)17-7-13(2-3-13)8-18-12/h4-5,15H,2-3,6-8H2,1H3. The van der Waals surface area contributed by atoms with Crippen LogP contribution >= 0.6 is 15.9 Å². The van der Waals surface area contributed by atoms with E-state index in [9.17, 15) is 0 Å². The number of hydroxylamine groups is 1. The van der Waals surface area contributed by atoms with Crippen molar-refractivity contribution < 1.29 is 14.3 Å².